The van der Waals surface area contributed by atoms with Gasteiger partial charge < -0.3 is 5.11 Å². The minimum atomic E-state index is -0.800. The fraction of sp³-hybridized carbons (Fsp3) is 0.793. The quantitative estimate of drug-likeness (QED) is 0.261. The normalized spacial score (nSPS) is 19.1. The number of ketones is 2. The Labute approximate surface area is 198 Å². The fourth-order valence-corrected chi connectivity index (χ4v) is 4.79. The first kappa shape index (κ1) is 28.8. The zero-order valence-corrected chi connectivity index (χ0v) is 22.3. The molecule has 1 aliphatic carbocycles. The van der Waals surface area contributed by atoms with Crippen LogP contribution >= 0.6 is 0 Å². The first-order chi connectivity index (χ1) is 14.9. The van der Waals surface area contributed by atoms with Gasteiger partial charge in [-0.1, -0.05) is 79.1 Å². The highest BCUT2D eigenvalue weighted by atomic mass is 16.3. The van der Waals surface area contributed by atoms with Crippen molar-refractivity contribution in [3.8, 4) is 0 Å². The molecular weight excluding hydrogens is 396 g/mol. The average Bonchev–Trinajstić information content (AvgIpc) is 2.70. The molecule has 0 aromatic heterocycles. The van der Waals surface area contributed by atoms with Gasteiger partial charge >= 0.3 is 0 Å². The van der Waals surface area contributed by atoms with Crippen molar-refractivity contribution in [2.45, 2.75) is 132 Å². The van der Waals surface area contributed by atoms with Crippen molar-refractivity contribution < 1.29 is 14.7 Å². The minimum Gasteiger partial charge on any atom is -0.390 e. The molecule has 3 nitrogen and oxygen atoms in total. The van der Waals surface area contributed by atoms with Gasteiger partial charge in [0.2, 0.25) is 0 Å². The van der Waals surface area contributed by atoms with Crippen molar-refractivity contribution in [1.82, 2.24) is 0 Å². The second-order valence-electron chi connectivity index (χ2n) is 11.4. The van der Waals surface area contributed by atoms with E-state index in [2.05, 4.69) is 27.7 Å². The topological polar surface area (TPSA) is 54.4 Å². The van der Waals surface area contributed by atoms with Crippen LogP contribution in [0.4, 0.5) is 0 Å². The molecule has 1 rings (SSSR count). The van der Waals surface area contributed by atoms with Crippen LogP contribution < -0.4 is 0 Å². The number of hydrogen-bond acceptors (Lipinski definition) is 3. The first-order valence-electron chi connectivity index (χ1n) is 13.0. The average molecular weight is 447 g/mol. The number of hydrogen-bond donors (Lipinski definition) is 1. The van der Waals surface area contributed by atoms with Crippen LogP contribution in [0.2, 0.25) is 0 Å². The molecule has 3 heteroatoms. The molecule has 0 bridgehead atoms. The van der Waals surface area contributed by atoms with Crippen molar-refractivity contribution in [2.75, 3.05) is 0 Å². The van der Waals surface area contributed by atoms with E-state index in [0.717, 1.165) is 31.1 Å². The van der Waals surface area contributed by atoms with Crippen LogP contribution in [0, 0.1) is 17.8 Å². The molecule has 3 atom stereocenters. The van der Waals surface area contributed by atoms with Gasteiger partial charge in [-0.2, -0.15) is 0 Å². The summed E-state index contributed by atoms with van der Waals surface area (Å²) in [6.07, 6.45) is 11.8. The van der Waals surface area contributed by atoms with Crippen molar-refractivity contribution in [3.63, 3.8) is 0 Å². The zero-order valence-electron chi connectivity index (χ0n) is 22.3. The summed E-state index contributed by atoms with van der Waals surface area (Å²) in [4.78, 5) is 24.9. The molecule has 0 saturated heterocycles. The highest BCUT2D eigenvalue weighted by Crippen LogP contribution is 2.31. The van der Waals surface area contributed by atoms with Crippen LogP contribution in [0.15, 0.2) is 22.3 Å². The SMILES string of the molecule is CC1=C(C)C(=O)C(CC[C@@](C)(O)CCC[C@@H](C)CCC[C@H](C)CCCC(C)C)=C(C)C1=O. The molecule has 1 N–H and O–H groups in total. The molecule has 0 radical (unpaired) electrons. The van der Waals surface area contributed by atoms with Crippen LogP contribution in [0.25, 0.3) is 0 Å². The maximum atomic E-state index is 12.6. The minimum absolute atomic E-state index is 0.0255. The van der Waals surface area contributed by atoms with Gasteiger partial charge in [-0.05, 0) is 64.7 Å². The van der Waals surface area contributed by atoms with Gasteiger partial charge in [-0.15, -0.1) is 0 Å². The number of carbonyl (C=O) groups is 2. The summed E-state index contributed by atoms with van der Waals surface area (Å²) in [6, 6.07) is 0. The van der Waals surface area contributed by atoms with Gasteiger partial charge in [0, 0.05) is 22.3 Å². The Hall–Kier alpha value is -1.22. The maximum Gasteiger partial charge on any atom is 0.185 e. The van der Waals surface area contributed by atoms with Gasteiger partial charge in [0.1, 0.15) is 0 Å². The summed E-state index contributed by atoms with van der Waals surface area (Å²) in [6.45, 7) is 16.4. The lowest BCUT2D eigenvalue weighted by atomic mass is 9.81. The van der Waals surface area contributed by atoms with Gasteiger partial charge in [0.15, 0.2) is 11.6 Å². The molecule has 0 saturated carbocycles. The van der Waals surface area contributed by atoms with E-state index in [0.29, 0.717) is 41.1 Å². The molecule has 0 amide bonds. The summed E-state index contributed by atoms with van der Waals surface area (Å²) in [5.74, 6) is 2.28. The van der Waals surface area contributed by atoms with Crippen molar-refractivity contribution in [3.05, 3.63) is 22.3 Å². The molecule has 1 aliphatic rings. The fourth-order valence-electron chi connectivity index (χ4n) is 4.79. The van der Waals surface area contributed by atoms with E-state index in [9.17, 15) is 14.7 Å². The Kier molecular flexibility index (Phi) is 12.1. The Balaban J connectivity index is 2.32. The third-order valence-electron chi connectivity index (χ3n) is 7.51. The summed E-state index contributed by atoms with van der Waals surface area (Å²) in [7, 11) is 0. The summed E-state index contributed by atoms with van der Waals surface area (Å²) in [5.41, 5.74) is 1.46. The molecule has 0 aromatic rings. The number of Topliss-reactive ketones (excluding diaryl/α,β-unsaturated/α-hetero) is 2. The van der Waals surface area contributed by atoms with E-state index >= 15 is 0 Å². The Morgan fingerprint density at radius 1 is 0.688 bits per heavy atom. The third-order valence-corrected chi connectivity index (χ3v) is 7.51. The van der Waals surface area contributed by atoms with Gasteiger partial charge in [-0.25, -0.2) is 0 Å². The molecule has 184 valence electrons. The predicted molar refractivity (Wildman–Crippen MR) is 136 cm³/mol. The van der Waals surface area contributed by atoms with E-state index in [1.807, 2.05) is 6.92 Å². The standard InChI is InChI=1S/C29H50O3/c1-20(2)12-9-13-21(3)14-10-15-22(4)16-11-18-29(8,32)19-17-26-25(7)27(30)23(5)24(6)28(26)31/h20-22,32H,9-19H2,1-8H3/t21-,22+,29+/m1/s1. The summed E-state index contributed by atoms with van der Waals surface area (Å²) in [5, 5.41) is 10.9. The van der Waals surface area contributed by atoms with E-state index in [1.54, 1.807) is 20.8 Å². The molecular formula is C29H50O3. The molecule has 0 aromatic carbocycles. The van der Waals surface area contributed by atoms with E-state index in [4.69, 9.17) is 0 Å². The second kappa shape index (κ2) is 13.5. The van der Waals surface area contributed by atoms with Crippen LogP contribution in [0.3, 0.4) is 0 Å². The molecule has 0 heterocycles. The number of aliphatic hydroxyl groups is 1. The second-order valence-corrected chi connectivity index (χ2v) is 11.4. The molecule has 0 aliphatic heterocycles. The lowest BCUT2D eigenvalue weighted by Crippen LogP contribution is -2.27. The number of carbonyl (C=O) groups excluding carboxylic acids is 2. The Morgan fingerprint density at radius 3 is 1.69 bits per heavy atom. The highest BCUT2D eigenvalue weighted by Gasteiger charge is 2.29. The van der Waals surface area contributed by atoms with Crippen molar-refractivity contribution in [1.29, 1.82) is 0 Å². The monoisotopic (exact) mass is 446 g/mol. The van der Waals surface area contributed by atoms with Crippen molar-refractivity contribution >= 4 is 11.6 Å². The van der Waals surface area contributed by atoms with Gasteiger partial charge in [-0.3, -0.25) is 9.59 Å². The largest absolute Gasteiger partial charge is 0.390 e. The zero-order chi connectivity index (χ0) is 24.5. The van der Waals surface area contributed by atoms with Gasteiger partial charge in [0.25, 0.3) is 0 Å². The molecule has 32 heavy (non-hydrogen) atoms. The third kappa shape index (κ3) is 9.73. The van der Waals surface area contributed by atoms with Crippen LogP contribution in [0.1, 0.15) is 126 Å². The van der Waals surface area contributed by atoms with E-state index in [-0.39, 0.29) is 11.6 Å². The number of allylic oxidation sites excluding steroid dienone is 4. The van der Waals surface area contributed by atoms with Crippen LogP contribution in [-0.2, 0) is 9.59 Å². The molecule has 0 fully saturated rings. The lowest BCUT2D eigenvalue weighted by Gasteiger charge is -2.26. The Bertz CT molecular complexity index is 693. The van der Waals surface area contributed by atoms with Gasteiger partial charge in [0.05, 0.1) is 5.60 Å². The summed E-state index contributed by atoms with van der Waals surface area (Å²) >= 11 is 0. The maximum absolute atomic E-state index is 12.6. The van der Waals surface area contributed by atoms with Crippen LogP contribution in [0.5, 0.6) is 0 Å². The number of rotatable bonds is 15. The van der Waals surface area contributed by atoms with E-state index in [1.165, 1.54) is 38.5 Å². The highest BCUT2D eigenvalue weighted by molar-refractivity contribution is 6.24. The van der Waals surface area contributed by atoms with E-state index < -0.39 is 5.60 Å². The first-order valence-corrected chi connectivity index (χ1v) is 13.0. The Morgan fingerprint density at radius 2 is 1.16 bits per heavy atom. The van der Waals surface area contributed by atoms with Crippen LogP contribution in [-0.4, -0.2) is 22.3 Å². The molecule has 0 unspecified atom stereocenters. The summed E-state index contributed by atoms with van der Waals surface area (Å²) < 4.78 is 0. The smallest absolute Gasteiger partial charge is 0.185 e. The van der Waals surface area contributed by atoms with Crippen molar-refractivity contribution in [2.24, 2.45) is 17.8 Å². The lowest BCUT2D eigenvalue weighted by molar-refractivity contribution is -0.116. The molecule has 0 spiro atoms. The predicted octanol–water partition coefficient (Wildman–Crippen LogP) is 7.76.